The third-order valence-electron chi connectivity index (χ3n) is 6.44. The third-order valence-corrected chi connectivity index (χ3v) is 6.93. The van der Waals surface area contributed by atoms with E-state index in [1.165, 1.54) is 44.2 Å². The zero-order chi connectivity index (χ0) is 18.4. The molecule has 1 aromatic carbocycles. The number of benzene rings is 1. The van der Waals surface area contributed by atoms with Crippen LogP contribution in [0.15, 0.2) is 33.3 Å². The van der Waals surface area contributed by atoms with Crippen LogP contribution in [0.2, 0.25) is 0 Å². The molecule has 26 heavy (non-hydrogen) atoms. The summed E-state index contributed by atoms with van der Waals surface area (Å²) in [6, 6.07) is 8.44. The van der Waals surface area contributed by atoms with Gasteiger partial charge < -0.3 is 9.84 Å². The molecule has 0 radical (unpaired) electrons. The molecule has 0 unspecified atom stereocenters. The first-order valence-corrected chi connectivity index (χ1v) is 10.4. The lowest BCUT2D eigenvalue weighted by molar-refractivity contribution is 0.0445. The molecule has 3 aliphatic rings. The van der Waals surface area contributed by atoms with Gasteiger partial charge in [0.15, 0.2) is 5.82 Å². The van der Waals surface area contributed by atoms with Crippen LogP contribution < -0.4 is 5.32 Å². The van der Waals surface area contributed by atoms with Crippen molar-refractivity contribution in [3.63, 3.8) is 0 Å². The molecule has 1 N–H and O–H groups in total. The average molecular weight is 418 g/mol. The number of anilines is 1. The first-order valence-electron chi connectivity index (χ1n) is 9.65. The van der Waals surface area contributed by atoms with Crippen molar-refractivity contribution in [1.82, 2.24) is 10.1 Å². The second kappa shape index (κ2) is 6.36. The Morgan fingerprint density at radius 2 is 1.81 bits per heavy atom. The molecule has 1 aromatic heterocycles. The maximum atomic E-state index is 5.59. The molecule has 3 fully saturated rings. The van der Waals surface area contributed by atoms with E-state index < -0.39 is 0 Å². The molecular weight excluding hydrogens is 390 g/mol. The molecule has 4 nitrogen and oxygen atoms in total. The summed E-state index contributed by atoms with van der Waals surface area (Å²) in [4.78, 5) is 4.80. The highest BCUT2D eigenvalue weighted by atomic mass is 79.9. The summed E-state index contributed by atoms with van der Waals surface area (Å²) in [5, 5.41) is 8.06. The molecule has 0 aliphatic heterocycles. The summed E-state index contributed by atoms with van der Waals surface area (Å²) in [7, 11) is 0. The van der Waals surface area contributed by atoms with Crippen molar-refractivity contribution >= 4 is 21.6 Å². The number of hydrogen-bond acceptors (Lipinski definition) is 4. The van der Waals surface area contributed by atoms with E-state index in [4.69, 9.17) is 9.51 Å². The first kappa shape index (κ1) is 18.0. The van der Waals surface area contributed by atoms with E-state index in [2.05, 4.69) is 71.4 Å². The Hall–Kier alpha value is -1.36. The highest BCUT2D eigenvalue weighted by Crippen LogP contribution is 2.57. The van der Waals surface area contributed by atoms with Crippen molar-refractivity contribution in [2.24, 2.45) is 5.41 Å². The molecule has 5 heteroatoms. The molecule has 2 bridgehead atoms. The number of rotatable bonds is 4. The SMILES string of the molecule is CC(C)(C)c1nc(C23CCC(CNc4cccc(Br)c4)(CC2)CC3)no1. The van der Waals surface area contributed by atoms with E-state index in [1.807, 2.05) is 0 Å². The molecule has 0 atom stereocenters. The molecule has 140 valence electrons. The lowest BCUT2D eigenvalue weighted by atomic mass is 9.53. The third kappa shape index (κ3) is 3.30. The van der Waals surface area contributed by atoms with Crippen molar-refractivity contribution in [3.8, 4) is 0 Å². The van der Waals surface area contributed by atoms with Crippen molar-refractivity contribution in [2.75, 3.05) is 11.9 Å². The van der Waals surface area contributed by atoms with Gasteiger partial charge in [-0.3, -0.25) is 0 Å². The zero-order valence-corrected chi connectivity index (χ0v) is 17.5. The Bertz CT molecular complexity index is 768. The fraction of sp³-hybridized carbons (Fsp3) is 0.619. The fourth-order valence-electron chi connectivity index (χ4n) is 4.50. The normalized spacial score (nSPS) is 28.3. The maximum Gasteiger partial charge on any atom is 0.232 e. The Kier molecular flexibility index (Phi) is 4.41. The summed E-state index contributed by atoms with van der Waals surface area (Å²) in [6.07, 6.45) is 7.26. The number of fused-ring (bicyclic) bond motifs is 3. The van der Waals surface area contributed by atoms with Gasteiger partial charge in [-0.2, -0.15) is 4.98 Å². The van der Waals surface area contributed by atoms with Gasteiger partial charge in [0.2, 0.25) is 5.89 Å². The van der Waals surface area contributed by atoms with Gasteiger partial charge in [0.25, 0.3) is 0 Å². The van der Waals surface area contributed by atoms with Crippen molar-refractivity contribution in [2.45, 2.75) is 70.1 Å². The number of nitrogens with one attached hydrogen (secondary N) is 1. The van der Waals surface area contributed by atoms with Gasteiger partial charge in [0.05, 0.1) is 0 Å². The number of halogens is 1. The van der Waals surface area contributed by atoms with Crippen LogP contribution in [0.5, 0.6) is 0 Å². The summed E-state index contributed by atoms with van der Waals surface area (Å²) in [5.41, 5.74) is 1.68. The first-order chi connectivity index (χ1) is 12.3. The predicted octanol–water partition coefficient (Wildman–Crippen LogP) is 5.83. The monoisotopic (exact) mass is 417 g/mol. The van der Waals surface area contributed by atoms with Crippen LogP contribution in [-0.4, -0.2) is 16.7 Å². The van der Waals surface area contributed by atoms with Gasteiger partial charge in [-0.25, -0.2) is 0 Å². The van der Waals surface area contributed by atoms with E-state index in [0.29, 0.717) is 5.41 Å². The van der Waals surface area contributed by atoms with Gasteiger partial charge in [0.1, 0.15) is 0 Å². The van der Waals surface area contributed by atoms with Gasteiger partial charge >= 0.3 is 0 Å². The smallest absolute Gasteiger partial charge is 0.232 e. The number of nitrogens with zero attached hydrogens (tertiary/aromatic N) is 2. The fourth-order valence-corrected chi connectivity index (χ4v) is 4.89. The Balaban J connectivity index is 1.44. The topological polar surface area (TPSA) is 51.0 Å². The van der Waals surface area contributed by atoms with Crippen LogP contribution in [0.3, 0.4) is 0 Å². The van der Waals surface area contributed by atoms with Crippen LogP contribution in [0.25, 0.3) is 0 Å². The van der Waals surface area contributed by atoms with Gasteiger partial charge in [-0.15, -0.1) is 0 Å². The highest BCUT2D eigenvalue weighted by molar-refractivity contribution is 9.10. The molecule has 2 aromatic rings. The molecule has 0 amide bonds. The lowest BCUT2D eigenvalue weighted by Crippen LogP contribution is -2.47. The summed E-state index contributed by atoms with van der Waals surface area (Å²) in [5.74, 6) is 1.72. The predicted molar refractivity (Wildman–Crippen MR) is 107 cm³/mol. The van der Waals surface area contributed by atoms with Gasteiger partial charge in [-0.1, -0.05) is 47.9 Å². The van der Waals surface area contributed by atoms with E-state index in [-0.39, 0.29) is 10.8 Å². The van der Waals surface area contributed by atoms with Gasteiger partial charge in [0, 0.05) is 27.5 Å². The van der Waals surface area contributed by atoms with Crippen LogP contribution in [0.4, 0.5) is 5.69 Å². The quantitative estimate of drug-likeness (QED) is 0.678. The van der Waals surface area contributed by atoms with Crippen molar-refractivity contribution < 1.29 is 4.52 Å². The zero-order valence-electron chi connectivity index (χ0n) is 15.9. The summed E-state index contributed by atoms with van der Waals surface area (Å²) in [6.45, 7) is 7.44. The molecule has 5 rings (SSSR count). The molecule has 3 saturated carbocycles. The molecule has 0 spiro atoms. The van der Waals surface area contributed by atoms with E-state index >= 15 is 0 Å². The van der Waals surface area contributed by atoms with Crippen LogP contribution in [0, 0.1) is 5.41 Å². The van der Waals surface area contributed by atoms with Crippen LogP contribution in [-0.2, 0) is 10.8 Å². The minimum atomic E-state index is -0.0805. The molecule has 3 aliphatic carbocycles. The van der Waals surface area contributed by atoms with E-state index in [9.17, 15) is 0 Å². The minimum Gasteiger partial charge on any atom is -0.384 e. The molecule has 1 heterocycles. The lowest BCUT2D eigenvalue weighted by Gasteiger charge is -2.52. The number of aromatic nitrogens is 2. The van der Waals surface area contributed by atoms with Gasteiger partial charge in [-0.05, 0) is 62.1 Å². The average Bonchev–Trinajstić information content (AvgIpc) is 3.13. The number of hydrogen-bond donors (Lipinski definition) is 1. The second-order valence-electron chi connectivity index (χ2n) is 9.32. The Morgan fingerprint density at radius 3 is 2.38 bits per heavy atom. The van der Waals surface area contributed by atoms with Crippen LogP contribution >= 0.6 is 15.9 Å². The Labute approximate surface area is 164 Å². The highest BCUT2D eigenvalue weighted by Gasteiger charge is 2.51. The molecule has 0 saturated heterocycles. The van der Waals surface area contributed by atoms with E-state index in [0.717, 1.165) is 22.7 Å². The van der Waals surface area contributed by atoms with E-state index in [1.54, 1.807) is 0 Å². The standard InChI is InChI=1S/C21H28BrN3O/c1-19(2,3)18-24-17(25-26-18)21-10-7-20(8-11-21,9-12-21)14-23-16-6-4-5-15(22)13-16/h4-6,13,23H,7-12,14H2,1-3H3. The minimum absolute atomic E-state index is 0.0805. The van der Waals surface area contributed by atoms with Crippen molar-refractivity contribution in [3.05, 3.63) is 40.5 Å². The van der Waals surface area contributed by atoms with Crippen molar-refractivity contribution in [1.29, 1.82) is 0 Å². The van der Waals surface area contributed by atoms with Crippen LogP contribution in [0.1, 0.15) is 71.0 Å². The molecular formula is C21H28BrN3O. The Morgan fingerprint density at radius 1 is 1.12 bits per heavy atom. The maximum absolute atomic E-state index is 5.59. The largest absolute Gasteiger partial charge is 0.384 e. The second-order valence-corrected chi connectivity index (χ2v) is 10.2. The summed E-state index contributed by atoms with van der Waals surface area (Å²) < 4.78 is 6.71. The summed E-state index contributed by atoms with van der Waals surface area (Å²) >= 11 is 3.55.